The van der Waals surface area contributed by atoms with E-state index in [2.05, 4.69) is 6.07 Å². The van der Waals surface area contributed by atoms with Crippen molar-refractivity contribution in [2.75, 3.05) is 0 Å². The Morgan fingerprint density at radius 3 is 1.30 bits per heavy atom. The SMILES string of the molecule is N#Cc1ccc(-c2cc3c(=O)c4ccccc4n4c5cc6c(cc5c(=O)c(c2)c34)c(=O)c2cc(-c3cc(-c4ccccc4)nc(-c4ccccc4)n3)cc3c(=O)c4ccccc4n6c32)cc1. The molecule has 5 heterocycles. The molecule has 13 rings (SSSR count). The Balaban J connectivity index is 1.18. The number of benzene rings is 8. The Morgan fingerprint density at radius 1 is 0.348 bits per heavy atom. The molecule has 9 nitrogen and oxygen atoms in total. The number of nitriles is 1. The summed E-state index contributed by atoms with van der Waals surface area (Å²) in [5, 5.41) is 12.3. The molecule has 0 unspecified atom stereocenters. The van der Waals surface area contributed by atoms with Crippen LogP contribution in [0.25, 0.3) is 121 Å². The Hall–Kier alpha value is -9.39. The number of rotatable bonds is 4. The molecule has 0 amide bonds. The van der Waals surface area contributed by atoms with Crippen molar-refractivity contribution in [3.8, 4) is 51.1 Å². The van der Waals surface area contributed by atoms with Gasteiger partial charge in [0.2, 0.25) is 0 Å². The van der Waals surface area contributed by atoms with E-state index in [1.807, 2.05) is 130 Å². The molecule has 0 aliphatic carbocycles. The Labute approximate surface area is 372 Å². The Bertz CT molecular complexity index is 4490. The number of fused-ring (bicyclic) bond motifs is 8. The zero-order chi connectivity index (χ0) is 44.4. The summed E-state index contributed by atoms with van der Waals surface area (Å²) in [5.41, 5.74) is 7.31. The van der Waals surface area contributed by atoms with E-state index in [1.54, 1.807) is 54.6 Å². The monoisotopic (exact) mass is 847 g/mol. The number of para-hydroxylation sites is 2. The van der Waals surface area contributed by atoms with Crippen molar-refractivity contribution in [2.24, 2.45) is 0 Å². The molecule has 8 aromatic carbocycles. The van der Waals surface area contributed by atoms with Crippen LogP contribution in [0.4, 0.5) is 0 Å². The highest BCUT2D eigenvalue weighted by molar-refractivity contribution is 6.14. The second-order valence-corrected chi connectivity index (χ2v) is 16.6. The fraction of sp³-hybridized carbons (Fsp3) is 0. The molecule has 9 heteroatoms. The van der Waals surface area contributed by atoms with Crippen LogP contribution in [0, 0.1) is 11.3 Å². The van der Waals surface area contributed by atoms with Gasteiger partial charge in [0, 0.05) is 59.8 Å². The summed E-state index contributed by atoms with van der Waals surface area (Å²) in [7, 11) is 0. The lowest BCUT2D eigenvalue weighted by atomic mass is 9.95. The molecule has 306 valence electrons. The van der Waals surface area contributed by atoms with Gasteiger partial charge in [0.15, 0.2) is 27.5 Å². The third kappa shape index (κ3) is 5.27. The van der Waals surface area contributed by atoms with E-state index in [4.69, 9.17) is 9.97 Å². The van der Waals surface area contributed by atoms with Crippen molar-refractivity contribution in [1.82, 2.24) is 18.8 Å². The maximum Gasteiger partial charge on any atom is 0.197 e. The summed E-state index contributed by atoms with van der Waals surface area (Å²) in [6.45, 7) is 0. The van der Waals surface area contributed by atoms with Crippen LogP contribution in [0.3, 0.4) is 0 Å². The second kappa shape index (κ2) is 13.8. The van der Waals surface area contributed by atoms with Gasteiger partial charge in [-0.25, -0.2) is 9.97 Å². The lowest BCUT2D eigenvalue weighted by Crippen LogP contribution is -2.17. The minimum Gasteiger partial charge on any atom is -0.307 e. The van der Waals surface area contributed by atoms with Crippen LogP contribution < -0.4 is 21.7 Å². The standard InChI is InChI=1S/C57H29N5O4/c58-30-31-19-21-32(22-20-31)35-23-41-51-42(24-35)55(65)39-27-40-50(29-49(39)61(51)47-17-9-7-15-37(47)53(41)63)62-48-18-10-8-16-38(48)54(64)43-25-36(26-44(52(43)62)56(40)66)46-28-45(33-11-3-1-4-12-33)59-57(60-46)34-13-5-2-6-14-34/h1-29H. The summed E-state index contributed by atoms with van der Waals surface area (Å²) < 4.78 is 3.92. The topological polar surface area (TPSA) is 127 Å². The summed E-state index contributed by atoms with van der Waals surface area (Å²) in [5.74, 6) is 0.491. The first-order chi connectivity index (χ1) is 32.3. The quantitative estimate of drug-likeness (QED) is 0.127. The first kappa shape index (κ1) is 37.2. The van der Waals surface area contributed by atoms with E-state index < -0.39 is 0 Å². The van der Waals surface area contributed by atoms with Crippen LogP contribution in [0.5, 0.6) is 0 Å². The van der Waals surface area contributed by atoms with Crippen molar-refractivity contribution in [3.63, 3.8) is 0 Å². The third-order valence-electron chi connectivity index (χ3n) is 13.0. The van der Waals surface area contributed by atoms with Gasteiger partial charge in [-0.05, 0) is 90.0 Å². The smallest absolute Gasteiger partial charge is 0.197 e. The third-order valence-corrected chi connectivity index (χ3v) is 13.0. The van der Waals surface area contributed by atoms with Gasteiger partial charge in [-0.2, -0.15) is 5.26 Å². The number of hydrogen-bond donors (Lipinski definition) is 0. The summed E-state index contributed by atoms with van der Waals surface area (Å²) in [6.07, 6.45) is 0. The molecule has 0 aliphatic rings. The van der Waals surface area contributed by atoms with E-state index in [1.165, 1.54) is 0 Å². The zero-order valence-electron chi connectivity index (χ0n) is 34.6. The van der Waals surface area contributed by atoms with Crippen molar-refractivity contribution in [1.29, 1.82) is 5.26 Å². The summed E-state index contributed by atoms with van der Waals surface area (Å²) >= 11 is 0. The molecule has 13 aromatic rings. The predicted octanol–water partition coefficient (Wildman–Crippen LogP) is 10.8. The van der Waals surface area contributed by atoms with Crippen LogP contribution in [0.15, 0.2) is 195 Å². The number of hydrogen-bond acceptors (Lipinski definition) is 7. The van der Waals surface area contributed by atoms with Gasteiger partial charge in [0.1, 0.15) is 0 Å². The van der Waals surface area contributed by atoms with Crippen molar-refractivity contribution in [3.05, 3.63) is 222 Å². The highest BCUT2D eigenvalue weighted by atomic mass is 16.1. The maximum atomic E-state index is 15.3. The van der Waals surface area contributed by atoms with Gasteiger partial charge < -0.3 is 8.80 Å². The van der Waals surface area contributed by atoms with Gasteiger partial charge in [-0.15, -0.1) is 0 Å². The zero-order valence-corrected chi connectivity index (χ0v) is 34.6. The predicted molar refractivity (Wildman–Crippen MR) is 263 cm³/mol. The molecule has 0 bridgehead atoms. The van der Waals surface area contributed by atoms with Gasteiger partial charge in [-0.1, -0.05) is 97.1 Å². The molecule has 0 N–H and O–H groups in total. The van der Waals surface area contributed by atoms with E-state index in [0.717, 1.165) is 16.7 Å². The van der Waals surface area contributed by atoms with Gasteiger partial charge in [0.25, 0.3) is 0 Å². The van der Waals surface area contributed by atoms with E-state index in [0.29, 0.717) is 105 Å². The first-order valence-corrected chi connectivity index (χ1v) is 21.4. The highest BCUT2D eigenvalue weighted by Gasteiger charge is 2.24. The van der Waals surface area contributed by atoms with E-state index in [9.17, 15) is 14.9 Å². The molecule has 0 spiro atoms. The summed E-state index contributed by atoms with van der Waals surface area (Å²) in [4.78, 5) is 69.6. The van der Waals surface area contributed by atoms with E-state index in [-0.39, 0.29) is 27.1 Å². The van der Waals surface area contributed by atoms with Crippen molar-refractivity contribution < 1.29 is 0 Å². The fourth-order valence-corrected chi connectivity index (χ4v) is 9.92. The van der Waals surface area contributed by atoms with Crippen LogP contribution in [0.2, 0.25) is 0 Å². The summed E-state index contributed by atoms with van der Waals surface area (Å²) in [6, 6.07) is 55.9. The number of aromatic nitrogens is 4. The Morgan fingerprint density at radius 2 is 0.788 bits per heavy atom. The lowest BCUT2D eigenvalue weighted by molar-refractivity contribution is 1.18. The number of pyridine rings is 4. The molecule has 0 saturated carbocycles. The minimum absolute atomic E-state index is 0.216. The van der Waals surface area contributed by atoms with Gasteiger partial charge >= 0.3 is 0 Å². The minimum atomic E-state index is -0.352. The molecule has 0 saturated heterocycles. The molecule has 5 aromatic heterocycles. The van der Waals surface area contributed by atoms with Crippen molar-refractivity contribution >= 4 is 76.2 Å². The molecule has 0 aliphatic heterocycles. The first-order valence-electron chi connectivity index (χ1n) is 21.4. The Kier molecular flexibility index (Phi) is 7.78. The maximum absolute atomic E-state index is 15.3. The largest absolute Gasteiger partial charge is 0.307 e. The molecule has 0 radical (unpaired) electrons. The molecule has 0 fully saturated rings. The van der Waals surface area contributed by atoms with Crippen molar-refractivity contribution in [2.45, 2.75) is 0 Å². The normalized spacial score (nSPS) is 11.9. The average molecular weight is 848 g/mol. The molecular weight excluding hydrogens is 819 g/mol. The van der Waals surface area contributed by atoms with Crippen LogP contribution in [-0.2, 0) is 0 Å². The van der Waals surface area contributed by atoms with Gasteiger partial charge in [0.05, 0.1) is 56.1 Å². The number of nitrogens with zero attached hydrogens (tertiary/aromatic N) is 5. The van der Waals surface area contributed by atoms with E-state index >= 15 is 9.59 Å². The molecule has 66 heavy (non-hydrogen) atoms. The average Bonchev–Trinajstić information content (AvgIpc) is 3.38. The van der Waals surface area contributed by atoms with Crippen LogP contribution in [0.1, 0.15) is 5.56 Å². The molecular formula is C57H29N5O4. The second-order valence-electron chi connectivity index (χ2n) is 16.6. The lowest BCUT2D eigenvalue weighted by Gasteiger charge is -2.19. The van der Waals surface area contributed by atoms with Gasteiger partial charge in [-0.3, -0.25) is 19.2 Å². The highest BCUT2D eigenvalue weighted by Crippen LogP contribution is 2.36. The molecule has 0 atom stereocenters. The fourth-order valence-electron chi connectivity index (χ4n) is 9.92. The van der Waals surface area contributed by atoms with Crippen LogP contribution in [-0.4, -0.2) is 18.8 Å². The van der Waals surface area contributed by atoms with Crippen LogP contribution >= 0.6 is 0 Å².